The Hall–Kier alpha value is -2.69. The molecule has 1 amide bonds. The number of benzene rings is 2. The molecule has 5 nitrogen and oxygen atoms in total. The van der Waals surface area contributed by atoms with Gasteiger partial charge in [0.15, 0.2) is 11.5 Å². The minimum absolute atomic E-state index is 0.122. The minimum atomic E-state index is -0.270. The molecule has 22 heavy (non-hydrogen) atoms. The summed E-state index contributed by atoms with van der Waals surface area (Å²) in [5, 5.41) is 18.8. The standard InChI is InChI=1S/C17H18N2O3/c20-15-7-6-13(12-16(15)21)17(22)19-10-8-18(9-11-19)14-4-2-1-3-5-14/h1-7,12,20-21H,8-11H2. The number of nitrogens with zero attached hydrogens (tertiary/aromatic N) is 2. The van der Waals surface area contributed by atoms with Crippen LogP contribution in [0.25, 0.3) is 0 Å². The topological polar surface area (TPSA) is 64.0 Å². The summed E-state index contributed by atoms with van der Waals surface area (Å²) in [6, 6.07) is 14.3. The molecule has 1 aliphatic rings. The molecule has 0 radical (unpaired) electrons. The van der Waals surface area contributed by atoms with Gasteiger partial charge < -0.3 is 20.0 Å². The number of para-hydroxylation sites is 1. The van der Waals surface area contributed by atoms with E-state index in [0.29, 0.717) is 18.7 Å². The van der Waals surface area contributed by atoms with Crippen molar-refractivity contribution in [1.82, 2.24) is 4.90 Å². The van der Waals surface area contributed by atoms with Crippen molar-refractivity contribution < 1.29 is 15.0 Å². The quantitative estimate of drug-likeness (QED) is 0.833. The van der Waals surface area contributed by atoms with Crippen molar-refractivity contribution in [2.24, 2.45) is 0 Å². The van der Waals surface area contributed by atoms with Gasteiger partial charge in [0.2, 0.25) is 0 Å². The zero-order chi connectivity index (χ0) is 15.5. The van der Waals surface area contributed by atoms with E-state index in [2.05, 4.69) is 17.0 Å². The summed E-state index contributed by atoms with van der Waals surface area (Å²) in [6.07, 6.45) is 0. The largest absolute Gasteiger partial charge is 0.504 e. The van der Waals surface area contributed by atoms with Crippen molar-refractivity contribution in [3.63, 3.8) is 0 Å². The molecule has 0 aliphatic carbocycles. The number of hydrogen-bond acceptors (Lipinski definition) is 4. The Morgan fingerprint density at radius 2 is 1.55 bits per heavy atom. The van der Waals surface area contributed by atoms with Gasteiger partial charge in [-0.2, -0.15) is 0 Å². The second kappa shape index (κ2) is 5.97. The van der Waals surface area contributed by atoms with E-state index in [1.165, 1.54) is 18.2 Å². The van der Waals surface area contributed by atoms with Crippen molar-refractivity contribution in [1.29, 1.82) is 0 Å². The van der Waals surface area contributed by atoms with Crippen molar-refractivity contribution in [3.8, 4) is 11.5 Å². The summed E-state index contributed by atoms with van der Waals surface area (Å²) < 4.78 is 0. The first-order chi connectivity index (χ1) is 10.6. The molecule has 1 heterocycles. The Labute approximate surface area is 129 Å². The Kier molecular flexibility index (Phi) is 3.87. The summed E-state index contributed by atoms with van der Waals surface area (Å²) in [5.74, 6) is -0.609. The van der Waals surface area contributed by atoms with Gasteiger partial charge in [-0.15, -0.1) is 0 Å². The smallest absolute Gasteiger partial charge is 0.254 e. The fraction of sp³-hybridized carbons (Fsp3) is 0.235. The molecule has 2 aromatic rings. The maximum absolute atomic E-state index is 12.4. The monoisotopic (exact) mass is 298 g/mol. The highest BCUT2D eigenvalue weighted by Gasteiger charge is 2.22. The Balaban J connectivity index is 1.66. The van der Waals surface area contributed by atoms with E-state index in [1.807, 2.05) is 18.2 Å². The fourth-order valence-electron chi connectivity index (χ4n) is 2.65. The van der Waals surface area contributed by atoms with Crippen LogP contribution in [0, 0.1) is 0 Å². The third-order valence-corrected chi connectivity index (χ3v) is 3.91. The molecule has 2 aromatic carbocycles. The minimum Gasteiger partial charge on any atom is -0.504 e. The molecule has 114 valence electrons. The van der Waals surface area contributed by atoms with Gasteiger partial charge in [0, 0.05) is 37.4 Å². The lowest BCUT2D eigenvalue weighted by Crippen LogP contribution is -2.48. The molecular formula is C17H18N2O3. The molecule has 0 atom stereocenters. The zero-order valence-electron chi connectivity index (χ0n) is 12.1. The molecule has 2 N–H and O–H groups in total. The van der Waals surface area contributed by atoms with Gasteiger partial charge >= 0.3 is 0 Å². The van der Waals surface area contributed by atoms with E-state index >= 15 is 0 Å². The lowest BCUT2D eigenvalue weighted by molar-refractivity contribution is 0.0746. The Morgan fingerprint density at radius 1 is 0.864 bits per heavy atom. The Bertz CT molecular complexity index is 665. The van der Waals surface area contributed by atoms with Gasteiger partial charge in [0.25, 0.3) is 5.91 Å². The first-order valence-corrected chi connectivity index (χ1v) is 7.26. The molecule has 1 saturated heterocycles. The average molecular weight is 298 g/mol. The average Bonchev–Trinajstić information content (AvgIpc) is 2.58. The second-order valence-corrected chi connectivity index (χ2v) is 5.32. The summed E-state index contributed by atoms with van der Waals surface area (Å²) in [4.78, 5) is 16.4. The van der Waals surface area contributed by atoms with Gasteiger partial charge in [-0.1, -0.05) is 18.2 Å². The van der Waals surface area contributed by atoms with Crippen LogP contribution in [0.1, 0.15) is 10.4 Å². The fourth-order valence-corrected chi connectivity index (χ4v) is 2.65. The van der Waals surface area contributed by atoms with Gasteiger partial charge in [0.05, 0.1) is 0 Å². The zero-order valence-corrected chi connectivity index (χ0v) is 12.1. The van der Waals surface area contributed by atoms with E-state index in [9.17, 15) is 15.0 Å². The highest BCUT2D eigenvalue weighted by Crippen LogP contribution is 2.26. The van der Waals surface area contributed by atoms with Gasteiger partial charge in [-0.3, -0.25) is 4.79 Å². The lowest BCUT2D eigenvalue weighted by Gasteiger charge is -2.36. The van der Waals surface area contributed by atoms with E-state index < -0.39 is 0 Å². The van der Waals surface area contributed by atoms with E-state index in [-0.39, 0.29) is 17.4 Å². The lowest BCUT2D eigenvalue weighted by atomic mass is 10.1. The Morgan fingerprint density at radius 3 is 2.18 bits per heavy atom. The number of phenolic OH excluding ortho intramolecular Hbond substituents is 2. The summed E-state index contributed by atoms with van der Waals surface area (Å²) in [6.45, 7) is 2.82. The highest BCUT2D eigenvalue weighted by molar-refractivity contribution is 5.95. The third kappa shape index (κ3) is 2.83. The number of aromatic hydroxyl groups is 2. The normalized spacial score (nSPS) is 14.9. The number of hydrogen-bond donors (Lipinski definition) is 2. The number of amides is 1. The number of phenols is 2. The SMILES string of the molecule is O=C(c1ccc(O)c(O)c1)N1CCN(c2ccccc2)CC1. The number of carbonyl (C=O) groups is 1. The number of piperazine rings is 1. The van der Waals surface area contributed by atoms with Gasteiger partial charge in [-0.05, 0) is 30.3 Å². The number of carbonyl (C=O) groups excluding carboxylic acids is 1. The van der Waals surface area contributed by atoms with Crippen LogP contribution in [0.15, 0.2) is 48.5 Å². The van der Waals surface area contributed by atoms with E-state index in [1.54, 1.807) is 4.90 Å². The number of rotatable bonds is 2. The summed E-state index contributed by atoms with van der Waals surface area (Å²) in [5.41, 5.74) is 1.56. The van der Waals surface area contributed by atoms with Crippen molar-refractivity contribution in [2.75, 3.05) is 31.1 Å². The first-order valence-electron chi connectivity index (χ1n) is 7.26. The summed E-state index contributed by atoms with van der Waals surface area (Å²) in [7, 11) is 0. The van der Waals surface area contributed by atoms with E-state index in [4.69, 9.17) is 0 Å². The predicted octanol–water partition coefficient (Wildman–Crippen LogP) is 2.06. The highest BCUT2D eigenvalue weighted by atomic mass is 16.3. The van der Waals surface area contributed by atoms with Crippen molar-refractivity contribution in [2.45, 2.75) is 0 Å². The van der Waals surface area contributed by atoms with Gasteiger partial charge in [-0.25, -0.2) is 0 Å². The first kappa shape index (κ1) is 14.3. The van der Waals surface area contributed by atoms with Crippen LogP contribution in [-0.4, -0.2) is 47.2 Å². The molecule has 0 spiro atoms. The van der Waals surface area contributed by atoms with Crippen LogP contribution >= 0.6 is 0 Å². The van der Waals surface area contributed by atoms with Crippen LogP contribution < -0.4 is 4.90 Å². The van der Waals surface area contributed by atoms with Crippen LogP contribution in [0.2, 0.25) is 0 Å². The van der Waals surface area contributed by atoms with Crippen LogP contribution in [-0.2, 0) is 0 Å². The third-order valence-electron chi connectivity index (χ3n) is 3.91. The molecule has 0 bridgehead atoms. The molecule has 3 rings (SSSR count). The molecule has 0 unspecified atom stereocenters. The van der Waals surface area contributed by atoms with Crippen LogP contribution in [0.4, 0.5) is 5.69 Å². The predicted molar refractivity (Wildman–Crippen MR) is 84.3 cm³/mol. The van der Waals surface area contributed by atoms with E-state index in [0.717, 1.165) is 18.8 Å². The van der Waals surface area contributed by atoms with Crippen molar-refractivity contribution in [3.05, 3.63) is 54.1 Å². The molecule has 0 aromatic heterocycles. The maximum Gasteiger partial charge on any atom is 0.254 e. The second-order valence-electron chi connectivity index (χ2n) is 5.32. The molecule has 1 fully saturated rings. The molecule has 5 heteroatoms. The van der Waals surface area contributed by atoms with Crippen molar-refractivity contribution >= 4 is 11.6 Å². The number of anilines is 1. The molecule has 0 saturated carbocycles. The maximum atomic E-state index is 12.4. The summed E-state index contributed by atoms with van der Waals surface area (Å²) >= 11 is 0. The van der Waals surface area contributed by atoms with Gasteiger partial charge in [0.1, 0.15) is 0 Å². The molecule has 1 aliphatic heterocycles. The molecular weight excluding hydrogens is 280 g/mol. The van der Waals surface area contributed by atoms with Crippen LogP contribution in [0.5, 0.6) is 11.5 Å². The van der Waals surface area contributed by atoms with Crippen LogP contribution in [0.3, 0.4) is 0 Å².